The van der Waals surface area contributed by atoms with Gasteiger partial charge in [0.1, 0.15) is 5.82 Å². The third kappa shape index (κ3) is 4.42. The Morgan fingerprint density at radius 2 is 2.05 bits per heavy atom. The molecule has 1 saturated carbocycles. The zero-order chi connectivity index (χ0) is 15.9. The number of rotatable bonds is 4. The quantitative estimate of drug-likeness (QED) is 0.788. The van der Waals surface area contributed by atoms with Gasteiger partial charge in [-0.2, -0.15) is 0 Å². The van der Waals surface area contributed by atoms with Crippen LogP contribution in [0.2, 0.25) is 0 Å². The summed E-state index contributed by atoms with van der Waals surface area (Å²) in [7, 11) is 1.28. The molecule has 22 heavy (non-hydrogen) atoms. The molecule has 1 aliphatic rings. The number of methoxy groups -OCH3 is 1. The second-order valence-corrected chi connectivity index (χ2v) is 5.49. The first-order chi connectivity index (χ1) is 10.6. The molecule has 7 nitrogen and oxygen atoms in total. The molecule has 0 aromatic carbocycles. The number of nitrogens with zero attached hydrogens (tertiary/aromatic N) is 1. The molecule has 0 aliphatic heterocycles. The molecular weight excluding hydrogens is 284 g/mol. The van der Waals surface area contributed by atoms with Gasteiger partial charge in [-0.15, -0.1) is 0 Å². The average Bonchev–Trinajstić information content (AvgIpc) is 2.55. The van der Waals surface area contributed by atoms with E-state index in [0.717, 1.165) is 25.7 Å². The fraction of sp³-hybridized carbons (Fsp3) is 0.533. The van der Waals surface area contributed by atoms with E-state index in [4.69, 9.17) is 5.73 Å². The molecule has 1 aromatic heterocycles. The van der Waals surface area contributed by atoms with Gasteiger partial charge in [-0.1, -0.05) is 0 Å². The molecule has 0 spiro atoms. The van der Waals surface area contributed by atoms with E-state index in [0.29, 0.717) is 24.0 Å². The zero-order valence-electron chi connectivity index (χ0n) is 12.7. The van der Waals surface area contributed by atoms with Gasteiger partial charge in [0.2, 0.25) is 5.91 Å². The van der Waals surface area contributed by atoms with E-state index in [1.165, 1.54) is 13.3 Å². The molecule has 4 N–H and O–H groups in total. The molecule has 1 aromatic rings. The largest absolute Gasteiger partial charge is 0.453 e. The lowest BCUT2D eigenvalue weighted by atomic mass is 9.81. The van der Waals surface area contributed by atoms with Gasteiger partial charge in [0, 0.05) is 23.9 Å². The van der Waals surface area contributed by atoms with E-state index in [2.05, 4.69) is 20.4 Å². The molecule has 7 heteroatoms. The topological polar surface area (TPSA) is 106 Å². The summed E-state index contributed by atoms with van der Waals surface area (Å²) in [6, 6.07) is 3.28. The number of ether oxygens (including phenoxy) is 1. The molecule has 120 valence electrons. The minimum Gasteiger partial charge on any atom is -0.453 e. The Morgan fingerprint density at radius 3 is 2.68 bits per heavy atom. The van der Waals surface area contributed by atoms with Gasteiger partial charge in [-0.05, 0) is 44.2 Å². The number of aromatic nitrogens is 1. The average molecular weight is 306 g/mol. The lowest BCUT2D eigenvalue weighted by molar-refractivity contribution is -0.121. The number of anilines is 2. The number of pyridine rings is 1. The monoisotopic (exact) mass is 306 g/mol. The Hall–Kier alpha value is -2.15. The second-order valence-electron chi connectivity index (χ2n) is 5.49. The highest BCUT2D eigenvalue weighted by Crippen LogP contribution is 2.29. The minimum absolute atomic E-state index is 0.00527. The minimum atomic E-state index is -0.601. The van der Waals surface area contributed by atoms with Crippen molar-refractivity contribution in [3.63, 3.8) is 0 Å². The van der Waals surface area contributed by atoms with Crippen LogP contribution in [0.3, 0.4) is 0 Å². The van der Waals surface area contributed by atoms with Crippen LogP contribution in [0.25, 0.3) is 0 Å². The number of carbonyl (C=O) groups is 2. The van der Waals surface area contributed by atoms with E-state index in [-0.39, 0.29) is 11.8 Å². The van der Waals surface area contributed by atoms with Gasteiger partial charge in [0.05, 0.1) is 7.11 Å². The van der Waals surface area contributed by atoms with Gasteiger partial charge in [-0.25, -0.2) is 9.78 Å². The van der Waals surface area contributed by atoms with Crippen molar-refractivity contribution in [3.05, 3.63) is 18.3 Å². The molecule has 2 amide bonds. The van der Waals surface area contributed by atoms with Crippen LogP contribution < -0.4 is 16.4 Å². The summed E-state index contributed by atoms with van der Waals surface area (Å²) in [5.41, 5.74) is 6.27. The fourth-order valence-electron chi connectivity index (χ4n) is 2.64. The normalized spacial score (nSPS) is 21.0. The van der Waals surface area contributed by atoms with Crippen LogP contribution in [-0.2, 0) is 9.53 Å². The van der Waals surface area contributed by atoms with Gasteiger partial charge < -0.3 is 15.8 Å². The van der Waals surface area contributed by atoms with E-state index < -0.39 is 6.09 Å². The highest BCUT2D eigenvalue weighted by molar-refractivity contribution is 5.93. The van der Waals surface area contributed by atoms with E-state index in [9.17, 15) is 9.59 Å². The second kappa shape index (κ2) is 7.74. The lowest BCUT2D eigenvalue weighted by Crippen LogP contribution is -2.29. The van der Waals surface area contributed by atoms with Crippen molar-refractivity contribution in [1.82, 2.24) is 4.98 Å². The van der Waals surface area contributed by atoms with Gasteiger partial charge >= 0.3 is 6.09 Å². The van der Waals surface area contributed by atoms with Crippen molar-refractivity contribution >= 4 is 23.5 Å². The Balaban J connectivity index is 1.91. The number of amides is 2. The number of carbonyl (C=O) groups excluding carboxylic acids is 2. The summed E-state index contributed by atoms with van der Waals surface area (Å²) in [5.74, 6) is 0.899. The first kappa shape index (κ1) is 16.2. The van der Waals surface area contributed by atoms with Crippen LogP contribution in [0.15, 0.2) is 18.3 Å². The van der Waals surface area contributed by atoms with Crippen molar-refractivity contribution < 1.29 is 14.3 Å². The summed E-state index contributed by atoms with van der Waals surface area (Å²) in [4.78, 5) is 27.4. The van der Waals surface area contributed by atoms with E-state index in [1.807, 2.05) is 0 Å². The van der Waals surface area contributed by atoms with Crippen LogP contribution in [0, 0.1) is 11.8 Å². The smallest absolute Gasteiger partial charge is 0.412 e. The maximum absolute atomic E-state index is 12.3. The van der Waals surface area contributed by atoms with Gasteiger partial charge in [-0.3, -0.25) is 10.1 Å². The Kier molecular flexibility index (Phi) is 5.71. The molecule has 1 aliphatic carbocycles. The molecule has 0 atom stereocenters. The van der Waals surface area contributed by atoms with Crippen LogP contribution in [0.5, 0.6) is 0 Å². The Bertz CT molecular complexity index is 527. The van der Waals surface area contributed by atoms with Crippen molar-refractivity contribution in [2.75, 3.05) is 24.3 Å². The summed E-state index contributed by atoms with van der Waals surface area (Å²) in [5, 5.41) is 5.33. The summed E-state index contributed by atoms with van der Waals surface area (Å²) in [6.07, 6.45) is 4.65. The van der Waals surface area contributed by atoms with Crippen LogP contribution in [0.1, 0.15) is 25.7 Å². The molecule has 1 fully saturated rings. The molecule has 1 heterocycles. The first-order valence-electron chi connectivity index (χ1n) is 7.44. The highest BCUT2D eigenvalue weighted by Gasteiger charge is 2.25. The van der Waals surface area contributed by atoms with Crippen molar-refractivity contribution in [1.29, 1.82) is 0 Å². The maximum Gasteiger partial charge on any atom is 0.412 e. The number of nitrogens with one attached hydrogen (secondary N) is 2. The molecule has 0 unspecified atom stereocenters. The van der Waals surface area contributed by atoms with Crippen molar-refractivity contribution in [2.45, 2.75) is 25.7 Å². The highest BCUT2D eigenvalue weighted by atomic mass is 16.5. The predicted octanol–water partition coefficient (Wildman–Crippen LogP) is 1.96. The number of nitrogens with two attached hydrogens (primary N) is 1. The Labute approximate surface area is 129 Å². The van der Waals surface area contributed by atoms with Crippen molar-refractivity contribution in [2.24, 2.45) is 17.6 Å². The standard InChI is InChI=1S/C15H22N4O3/c1-22-15(21)19-13-8-12(6-7-17-13)18-14(20)11-4-2-10(9-16)3-5-11/h6-8,10-11H,2-5,9,16H2,1H3,(H2,17,18,19,20,21). The van der Waals surface area contributed by atoms with Crippen LogP contribution in [0.4, 0.5) is 16.3 Å². The summed E-state index contributed by atoms with van der Waals surface area (Å²) in [6.45, 7) is 0.696. The maximum atomic E-state index is 12.3. The van der Waals surface area contributed by atoms with Gasteiger partial charge in [0.25, 0.3) is 0 Å². The third-order valence-electron chi connectivity index (χ3n) is 3.99. The van der Waals surface area contributed by atoms with E-state index in [1.54, 1.807) is 12.1 Å². The number of hydrogen-bond donors (Lipinski definition) is 3. The van der Waals surface area contributed by atoms with E-state index >= 15 is 0 Å². The summed E-state index contributed by atoms with van der Waals surface area (Å²) >= 11 is 0. The molecule has 2 rings (SSSR count). The summed E-state index contributed by atoms with van der Waals surface area (Å²) < 4.78 is 4.50. The molecular formula is C15H22N4O3. The van der Waals surface area contributed by atoms with Crippen molar-refractivity contribution in [3.8, 4) is 0 Å². The predicted molar refractivity (Wildman–Crippen MR) is 83.4 cm³/mol. The third-order valence-corrected chi connectivity index (χ3v) is 3.99. The first-order valence-corrected chi connectivity index (χ1v) is 7.44. The van der Waals surface area contributed by atoms with Gasteiger partial charge in [0.15, 0.2) is 0 Å². The molecule has 0 bridgehead atoms. The zero-order valence-corrected chi connectivity index (χ0v) is 12.7. The Morgan fingerprint density at radius 1 is 1.32 bits per heavy atom. The SMILES string of the molecule is COC(=O)Nc1cc(NC(=O)C2CCC(CN)CC2)ccn1. The molecule has 0 saturated heterocycles. The van der Waals surface area contributed by atoms with Crippen LogP contribution >= 0.6 is 0 Å². The fourth-order valence-corrected chi connectivity index (χ4v) is 2.64. The lowest BCUT2D eigenvalue weighted by Gasteiger charge is -2.26. The van der Waals surface area contributed by atoms with Crippen LogP contribution in [-0.4, -0.2) is 30.6 Å². The number of hydrogen-bond acceptors (Lipinski definition) is 5. The molecule has 0 radical (unpaired) electrons.